The molecule has 0 N–H and O–H groups in total. The van der Waals surface area contributed by atoms with Crippen molar-refractivity contribution in [3.63, 3.8) is 0 Å². The maximum Gasteiger partial charge on any atom is 0.306 e. The van der Waals surface area contributed by atoms with Crippen LogP contribution in [0.2, 0.25) is 0 Å². The topological polar surface area (TPSA) is 61.2 Å². The molecule has 4 rings (SSSR count). The Morgan fingerprint density at radius 3 is 2.81 bits per heavy atom. The molecule has 0 bridgehead atoms. The van der Waals surface area contributed by atoms with Gasteiger partial charge in [0.25, 0.3) is 5.56 Å². The lowest BCUT2D eigenvalue weighted by molar-refractivity contribution is -0.140. The highest BCUT2D eigenvalue weighted by Gasteiger charge is 2.22. The fourth-order valence-electron chi connectivity index (χ4n) is 3.42. The molecule has 0 amide bonds. The summed E-state index contributed by atoms with van der Waals surface area (Å²) in [5, 5.41) is 1.40. The summed E-state index contributed by atoms with van der Waals surface area (Å²) in [5.74, 6) is 0.256. The Bertz CT molecular complexity index is 1040. The molecule has 1 aromatic carbocycles. The maximum absolute atomic E-state index is 13.5. The molecule has 2 heterocycles. The van der Waals surface area contributed by atoms with E-state index in [0.29, 0.717) is 10.9 Å². The Morgan fingerprint density at radius 2 is 2.04 bits per heavy atom. The third-order valence-electron chi connectivity index (χ3n) is 4.74. The average molecular weight is 401 g/mol. The number of rotatable bonds is 5. The number of hydrogen-bond donors (Lipinski definition) is 0. The molecule has 1 aliphatic carbocycles. The van der Waals surface area contributed by atoms with Gasteiger partial charge in [-0.05, 0) is 43.4 Å². The van der Waals surface area contributed by atoms with Gasteiger partial charge in [-0.2, -0.15) is 0 Å². The predicted molar refractivity (Wildman–Crippen MR) is 109 cm³/mol. The Balaban J connectivity index is 1.84. The smallest absolute Gasteiger partial charge is 0.306 e. The van der Waals surface area contributed by atoms with Gasteiger partial charge in [-0.3, -0.25) is 14.2 Å². The van der Waals surface area contributed by atoms with Crippen LogP contribution in [0.5, 0.6) is 0 Å². The first-order valence-corrected chi connectivity index (χ1v) is 10.8. The van der Waals surface area contributed by atoms with Crippen molar-refractivity contribution in [2.24, 2.45) is 0 Å². The number of ether oxygens (including phenoxy) is 1. The summed E-state index contributed by atoms with van der Waals surface area (Å²) >= 11 is 3.07. The van der Waals surface area contributed by atoms with Crippen molar-refractivity contribution in [1.82, 2.24) is 9.55 Å². The molecule has 140 valence electrons. The van der Waals surface area contributed by atoms with Crippen LogP contribution in [0.3, 0.4) is 0 Å². The predicted octanol–water partition coefficient (Wildman–Crippen LogP) is 3.98. The monoisotopic (exact) mass is 400 g/mol. The Hall–Kier alpha value is -2.12. The van der Waals surface area contributed by atoms with E-state index in [1.54, 1.807) is 15.9 Å². The minimum absolute atomic E-state index is 0.00818. The van der Waals surface area contributed by atoms with Crippen LogP contribution in [0, 0.1) is 0 Å². The number of esters is 1. The number of thiophene rings is 1. The molecule has 0 saturated carbocycles. The fourth-order valence-corrected chi connectivity index (χ4v) is 5.65. The van der Waals surface area contributed by atoms with Crippen molar-refractivity contribution in [2.45, 2.75) is 37.3 Å². The molecule has 0 aliphatic heterocycles. The van der Waals surface area contributed by atoms with Gasteiger partial charge < -0.3 is 4.74 Å². The first kappa shape index (κ1) is 18.3. The maximum atomic E-state index is 13.5. The fraction of sp³-hybridized carbons (Fsp3) is 0.350. The van der Waals surface area contributed by atoms with E-state index in [2.05, 4.69) is 0 Å². The normalized spacial score (nSPS) is 13.5. The van der Waals surface area contributed by atoms with Crippen molar-refractivity contribution in [1.29, 1.82) is 0 Å². The summed E-state index contributed by atoms with van der Waals surface area (Å²) in [7, 11) is 1.38. The van der Waals surface area contributed by atoms with Crippen LogP contribution in [0.1, 0.15) is 29.7 Å². The first-order valence-electron chi connectivity index (χ1n) is 9.01. The third-order valence-corrected chi connectivity index (χ3v) is 6.86. The van der Waals surface area contributed by atoms with Gasteiger partial charge in [0, 0.05) is 10.6 Å². The summed E-state index contributed by atoms with van der Waals surface area (Å²) in [5.41, 5.74) is 1.98. The van der Waals surface area contributed by atoms with Crippen molar-refractivity contribution in [2.75, 3.05) is 12.9 Å². The number of thioether (sulfide) groups is 1. The molecule has 2 aromatic heterocycles. The molecule has 0 radical (unpaired) electrons. The molecule has 7 heteroatoms. The Labute approximate surface area is 165 Å². The summed E-state index contributed by atoms with van der Waals surface area (Å²) in [6, 6.07) is 9.59. The molecule has 0 saturated heterocycles. The van der Waals surface area contributed by atoms with Crippen LogP contribution in [0.4, 0.5) is 0 Å². The molecular weight excluding hydrogens is 380 g/mol. The van der Waals surface area contributed by atoms with E-state index >= 15 is 0 Å². The van der Waals surface area contributed by atoms with Gasteiger partial charge in [0.05, 0.1) is 24.6 Å². The number of nitrogens with zero attached hydrogens (tertiary/aromatic N) is 2. The van der Waals surface area contributed by atoms with E-state index in [0.717, 1.165) is 35.2 Å². The molecule has 27 heavy (non-hydrogen) atoms. The van der Waals surface area contributed by atoms with Gasteiger partial charge in [0.2, 0.25) is 0 Å². The summed E-state index contributed by atoms with van der Waals surface area (Å²) in [4.78, 5) is 31.9. The van der Waals surface area contributed by atoms with Crippen molar-refractivity contribution >= 4 is 39.3 Å². The lowest BCUT2D eigenvalue weighted by atomic mass is 9.97. The molecule has 3 aromatic rings. The zero-order valence-electron chi connectivity index (χ0n) is 15.1. The highest BCUT2D eigenvalue weighted by atomic mass is 32.2. The van der Waals surface area contributed by atoms with Gasteiger partial charge in [0.15, 0.2) is 5.16 Å². The number of aryl methyl sites for hydroxylation is 2. The largest absolute Gasteiger partial charge is 0.469 e. The van der Waals surface area contributed by atoms with Crippen LogP contribution < -0.4 is 5.56 Å². The number of hydrogen-bond acceptors (Lipinski definition) is 6. The molecule has 0 spiro atoms. The van der Waals surface area contributed by atoms with Crippen LogP contribution >= 0.6 is 23.1 Å². The van der Waals surface area contributed by atoms with E-state index < -0.39 is 0 Å². The summed E-state index contributed by atoms with van der Waals surface area (Å²) < 4.78 is 6.40. The quantitative estimate of drug-likeness (QED) is 0.368. The third kappa shape index (κ3) is 3.53. The second-order valence-electron chi connectivity index (χ2n) is 6.44. The summed E-state index contributed by atoms with van der Waals surface area (Å²) in [6.45, 7) is 0. The minimum Gasteiger partial charge on any atom is -0.469 e. The lowest BCUT2D eigenvalue weighted by Crippen LogP contribution is -2.22. The van der Waals surface area contributed by atoms with Gasteiger partial charge in [-0.15, -0.1) is 11.3 Å². The van der Waals surface area contributed by atoms with Crippen LogP contribution in [0.15, 0.2) is 40.3 Å². The highest BCUT2D eigenvalue weighted by Crippen LogP contribution is 2.35. The van der Waals surface area contributed by atoms with Gasteiger partial charge in [0.1, 0.15) is 4.83 Å². The Kier molecular flexibility index (Phi) is 5.31. The van der Waals surface area contributed by atoms with Gasteiger partial charge in [-0.25, -0.2) is 4.98 Å². The zero-order valence-corrected chi connectivity index (χ0v) is 16.7. The van der Waals surface area contributed by atoms with Crippen LogP contribution in [-0.2, 0) is 22.4 Å². The minimum atomic E-state index is -0.260. The average Bonchev–Trinajstić information content (AvgIpc) is 3.07. The number of methoxy groups -OCH3 is 1. The number of fused-ring (bicyclic) bond motifs is 3. The molecular formula is C20H20N2O3S2. The SMILES string of the molecule is COC(=O)CCSc1nc2sc3c(c2c(=O)n1-c1ccccc1)CCCC3. The van der Waals surface area contributed by atoms with Crippen molar-refractivity contribution in [3.8, 4) is 5.69 Å². The van der Waals surface area contributed by atoms with Crippen molar-refractivity contribution in [3.05, 3.63) is 51.1 Å². The standard InChI is InChI=1S/C20H20N2O3S2/c1-25-16(23)11-12-26-20-21-18-17(14-9-5-6-10-15(14)27-18)19(24)22(20)13-7-3-2-4-8-13/h2-4,7-8H,5-6,9-12H2,1H3. The van der Waals surface area contributed by atoms with Gasteiger partial charge in [-0.1, -0.05) is 30.0 Å². The van der Waals surface area contributed by atoms with Crippen molar-refractivity contribution < 1.29 is 9.53 Å². The van der Waals surface area contributed by atoms with E-state index in [4.69, 9.17) is 9.72 Å². The number of carbonyl (C=O) groups is 1. The number of aromatic nitrogens is 2. The molecule has 1 aliphatic rings. The zero-order chi connectivity index (χ0) is 18.8. The van der Waals surface area contributed by atoms with E-state index in [1.165, 1.54) is 35.7 Å². The molecule has 0 atom stereocenters. The van der Waals surface area contributed by atoms with E-state index in [-0.39, 0.29) is 17.9 Å². The highest BCUT2D eigenvalue weighted by molar-refractivity contribution is 7.99. The van der Waals surface area contributed by atoms with E-state index in [1.807, 2.05) is 30.3 Å². The molecule has 0 fully saturated rings. The van der Waals surface area contributed by atoms with E-state index in [9.17, 15) is 9.59 Å². The summed E-state index contributed by atoms with van der Waals surface area (Å²) in [6.07, 6.45) is 4.57. The first-order chi connectivity index (χ1) is 13.2. The lowest BCUT2D eigenvalue weighted by Gasteiger charge is -2.13. The van der Waals surface area contributed by atoms with Crippen LogP contribution in [-0.4, -0.2) is 28.4 Å². The second-order valence-corrected chi connectivity index (χ2v) is 8.58. The van der Waals surface area contributed by atoms with Gasteiger partial charge >= 0.3 is 5.97 Å². The number of carbonyl (C=O) groups excluding carboxylic acids is 1. The number of benzene rings is 1. The number of para-hydroxylation sites is 1. The Morgan fingerprint density at radius 1 is 1.26 bits per heavy atom. The van der Waals surface area contributed by atoms with Crippen LogP contribution in [0.25, 0.3) is 15.9 Å². The molecule has 5 nitrogen and oxygen atoms in total. The second kappa shape index (κ2) is 7.86. The molecule has 0 unspecified atom stereocenters.